The molecule has 1 saturated heterocycles. The summed E-state index contributed by atoms with van der Waals surface area (Å²) in [7, 11) is 0. The maximum atomic E-state index is 11.1. The van der Waals surface area contributed by atoms with Crippen molar-refractivity contribution < 1.29 is 4.79 Å². The van der Waals surface area contributed by atoms with E-state index < -0.39 is 5.91 Å². The molecular formula is C12H16BrN3O. The van der Waals surface area contributed by atoms with Gasteiger partial charge >= 0.3 is 0 Å². The first kappa shape index (κ1) is 12.4. The molecule has 0 bridgehead atoms. The van der Waals surface area contributed by atoms with E-state index in [0.29, 0.717) is 11.6 Å². The van der Waals surface area contributed by atoms with Crippen LogP contribution in [0.2, 0.25) is 0 Å². The average molecular weight is 298 g/mol. The van der Waals surface area contributed by atoms with Crippen molar-refractivity contribution in [1.29, 1.82) is 0 Å². The minimum absolute atomic E-state index is 0.412. The number of piperidine rings is 1. The van der Waals surface area contributed by atoms with Crippen molar-refractivity contribution in [1.82, 2.24) is 5.32 Å². The number of anilines is 1. The van der Waals surface area contributed by atoms with Gasteiger partial charge in [0.25, 0.3) is 0 Å². The van der Waals surface area contributed by atoms with Gasteiger partial charge in [-0.3, -0.25) is 4.79 Å². The summed E-state index contributed by atoms with van der Waals surface area (Å²) in [4.78, 5) is 11.1. The van der Waals surface area contributed by atoms with Gasteiger partial charge < -0.3 is 16.4 Å². The van der Waals surface area contributed by atoms with Crippen LogP contribution in [0.5, 0.6) is 0 Å². The van der Waals surface area contributed by atoms with Crippen LogP contribution in [0.15, 0.2) is 22.7 Å². The van der Waals surface area contributed by atoms with Gasteiger partial charge in [-0.1, -0.05) is 0 Å². The molecule has 1 aliphatic rings. The normalized spacial score (nSPS) is 16.8. The summed E-state index contributed by atoms with van der Waals surface area (Å²) >= 11 is 3.36. The minimum atomic E-state index is -0.412. The van der Waals surface area contributed by atoms with E-state index in [2.05, 4.69) is 26.6 Å². The molecule has 0 radical (unpaired) electrons. The number of primary amides is 1. The largest absolute Gasteiger partial charge is 0.382 e. The lowest BCUT2D eigenvalue weighted by Crippen LogP contribution is -2.35. The molecule has 17 heavy (non-hydrogen) atoms. The molecule has 5 heteroatoms. The van der Waals surface area contributed by atoms with Crippen LogP contribution in [0.3, 0.4) is 0 Å². The highest BCUT2D eigenvalue weighted by Gasteiger charge is 2.13. The number of amides is 1. The number of halogens is 1. The number of carbonyl (C=O) groups excluding carboxylic acids is 1. The van der Waals surface area contributed by atoms with Crippen LogP contribution in [-0.2, 0) is 0 Å². The molecule has 1 aromatic rings. The lowest BCUT2D eigenvalue weighted by Gasteiger charge is -2.24. The van der Waals surface area contributed by atoms with Crippen molar-refractivity contribution in [3.8, 4) is 0 Å². The third kappa shape index (κ3) is 3.20. The van der Waals surface area contributed by atoms with Crippen molar-refractivity contribution in [2.45, 2.75) is 18.9 Å². The van der Waals surface area contributed by atoms with Gasteiger partial charge in [-0.05, 0) is 60.1 Å². The molecule has 0 atom stereocenters. The van der Waals surface area contributed by atoms with E-state index in [1.165, 1.54) is 0 Å². The van der Waals surface area contributed by atoms with Gasteiger partial charge in [-0.2, -0.15) is 0 Å². The Labute approximate surface area is 109 Å². The van der Waals surface area contributed by atoms with Crippen LogP contribution in [-0.4, -0.2) is 25.0 Å². The topological polar surface area (TPSA) is 67.2 Å². The predicted molar refractivity (Wildman–Crippen MR) is 72.2 cm³/mol. The Kier molecular flexibility index (Phi) is 4.02. The standard InChI is InChI=1S/C12H16BrN3O/c13-11-7-9(1-2-10(11)12(14)17)16-8-3-5-15-6-4-8/h1-2,7-8,15-16H,3-6H2,(H2,14,17). The van der Waals surface area contributed by atoms with E-state index >= 15 is 0 Å². The maximum Gasteiger partial charge on any atom is 0.249 e. The molecule has 0 unspecified atom stereocenters. The van der Waals surface area contributed by atoms with E-state index in [0.717, 1.165) is 36.1 Å². The number of hydrogen-bond acceptors (Lipinski definition) is 3. The first-order valence-corrected chi connectivity index (χ1v) is 6.53. The number of benzene rings is 1. The quantitative estimate of drug-likeness (QED) is 0.796. The molecule has 0 spiro atoms. The molecule has 1 fully saturated rings. The molecule has 1 amide bonds. The fourth-order valence-corrected chi connectivity index (χ4v) is 2.58. The Balaban J connectivity index is 2.06. The summed E-state index contributed by atoms with van der Waals surface area (Å²) in [6.45, 7) is 2.11. The molecule has 0 saturated carbocycles. The van der Waals surface area contributed by atoms with Gasteiger partial charge in [0.15, 0.2) is 0 Å². The number of nitrogens with two attached hydrogens (primary N) is 1. The fourth-order valence-electron chi connectivity index (χ4n) is 2.01. The monoisotopic (exact) mass is 297 g/mol. The zero-order chi connectivity index (χ0) is 12.3. The van der Waals surface area contributed by atoms with Crippen LogP contribution < -0.4 is 16.4 Å². The summed E-state index contributed by atoms with van der Waals surface area (Å²) in [6, 6.07) is 6.05. The SMILES string of the molecule is NC(=O)c1ccc(NC2CCNCC2)cc1Br. The van der Waals surface area contributed by atoms with E-state index in [1.54, 1.807) is 6.07 Å². The molecular weight excluding hydrogens is 282 g/mol. The highest BCUT2D eigenvalue weighted by Crippen LogP contribution is 2.22. The molecule has 1 aliphatic heterocycles. The Morgan fingerprint density at radius 1 is 1.41 bits per heavy atom. The molecule has 0 aromatic heterocycles. The fraction of sp³-hybridized carbons (Fsp3) is 0.417. The van der Waals surface area contributed by atoms with E-state index in [4.69, 9.17) is 5.73 Å². The van der Waals surface area contributed by atoms with Gasteiger partial charge in [0.05, 0.1) is 5.56 Å². The highest BCUT2D eigenvalue weighted by molar-refractivity contribution is 9.10. The summed E-state index contributed by atoms with van der Waals surface area (Å²) in [5.41, 5.74) is 6.79. The second-order valence-corrected chi connectivity index (χ2v) is 5.08. The average Bonchev–Trinajstić information content (AvgIpc) is 2.30. The van der Waals surface area contributed by atoms with Crippen molar-refractivity contribution in [2.24, 2.45) is 5.73 Å². The predicted octanol–water partition coefficient (Wildman–Crippen LogP) is 1.71. The van der Waals surface area contributed by atoms with Gasteiger partial charge in [0.2, 0.25) is 5.91 Å². The van der Waals surface area contributed by atoms with E-state index in [-0.39, 0.29) is 0 Å². The molecule has 2 rings (SSSR count). The Bertz CT molecular complexity index is 416. The third-order valence-electron chi connectivity index (χ3n) is 2.94. The minimum Gasteiger partial charge on any atom is -0.382 e. The Morgan fingerprint density at radius 3 is 2.71 bits per heavy atom. The molecule has 4 N–H and O–H groups in total. The van der Waals surface area contributed by atoms with Crippen LogP contribution >= 0.6 is 15.9 Å². The van der Waals surface area contributed by atoms with Crippen LogP contribution in [0, 0.1) is 0 Å². The van der Waals surface area contributed by atoms with Gasteiger partial charge in [0, 0.05) is 16.2 Å². The second kappa shape index (κ2) is 5.51. The van der Waals surface area contributed by atoms with Gasteiger partial charge in [-0.15, -0.1) is 0 Å². The molecule has 4 nitrogen and oxygen atoms in total. The molecule has 1 aromatic carbocycles. The van der Waals surface area contributed by atoms with Gasteiger partial charge in [-0.25, -0.2) is 0 Å². The first-order valence-electron chi connectivity index (χ1n) is 5.73. The zero-order valence-electron chi connectivity index (χ0n) is 9.50. The summed E-state index contributed by atoms with van der Waals surface area (Å²) in [5, 5.41) is 6.79. The number of nitrogens with one attached hydrogen (secondary N) is 2. The number of carbonyl (C=O) groups is 1. The van der Waals surface area contributed by atoms with E-state index in [1.807, 2.05) is 12.1 Å². The summed E-state index contributed by atoms with van der Waals surface area (Å²) < 4.78 is 0.740. The third-order valence-corrected chi connectivity index (χ3v) is 3.60. The molecule has 0 aliphatic carbocycles. The Morgan fingerprint density at radius 2 is 2.12 bits per heavy atom. The first-order chi connectivity index (χ1) is 8.16. The molecule has 1 heterocycles. The maximum absolute atomic E-state index is 11.1. The van der Waals surface area contributed by atoms with Crippen molar-refractivity contribution in [3.05, 3.63) is 28.2 Å². The smallest absolute Gasteiger partial charge is 0.249 e. The van der Waals surface area contributed by atoms with Crippen molar-refractivity contribution in [3.63, 3.8) is 0 Å². The van der Waals surface area contributed by atoms with Crippen LogP contribution in [0.1, 0.15) is 23.2 Å². The summed E-state index contributed by atoms with van der Waals surface area (Å²) in [5.74, 6) is -0.412. The second-order valence-electron chi connectivity index (χ2n) is 4.23. The zero-order valence-corrected chi connectivity index (χ0v) is 11.1. The van der Waals surface area contributed by atoms with Gasteiger partial charge in [0.1, 0.15) is 0 Å². The lowest BCUT2D eigenvalue weighted by atomic mass is 10.1. The van der Waals surface area contributed by atoms with Crippen molar-refractivity contribution in [2.75, 3.05) is 18.4 Å². The van der Waals surface area contributed by atoms with Crippen LogP contribution in [0.4, 0.5) is 5.69 Å². The van der Waals surface area contributed by atoms with Crippen LogP contribution in [0.25, 0.3) is 0 Å². The number of rotatable bonds is 3. The number of hydrogen-bond donors (Lipinski definition) is 3. The highest BCUT2D eigenvalue weighted by atomic mass is 79.9. The lowest BCUT2D eigenvalue weighted by molar-refractivity contribution is 0.0999. The van der Waals surface area contributed by atoms with E-state index in [9.17, 15) is 4.79 Å². The summed E-state index contributed by atoms with van der Waals surface area (Å²) in [6.07, 6.45) is 2.24. The molecule has 92 valence electrons. The Hall–Kier alpha value is -1.07. The van der Waals surface area contributed by atoms with Crippen molar-refractivity contribution >= 4 is 27.5 Å².